The molecule has 0 aliphatic carbocycles. The molecule has 2 rings (SSSR count). The zero-order valence-electron chi connectivity index (χ0n) is 10.0. The van der Waals surface area contributed by atoms with E-state index in [-0.39, 0.29) is 18.4 Å². The second-order valence-electron chi connectivity index (χ2n) is 3.93. The van der Waals surface area contributed by atoms with Gasteiger partial charge in [-0.3, -0.25) is 0 Å². The second kappa shape index (κ2) is 5.55. The fourth-order valence-corrected chi connectivity index (χ4v) is 1.46. The Morgan fingerprint density at radius 2 is 2.06 bits per heavy atom. The van der Waals surface area contributed by atoms with Gasteiger partial charge in [0.25, 0.3) is 0 Å². The van der Waals surface area contributed by atoms with E-state index in [0.29, 0.717) is 5.82 Å². The van der Waals surface area contributed by atoms with Gasteiger partial charge in [0.2, 0.25) is 0 Å². The molecule has 0 radical (unpaired) electrons. The molecule has 1 aromatic carbocycles. The average Bonchev–Trinajstić information content (AvgIpc) is 2.38. The van der Waals surface area contributed by atoms with Crippen LogP contribution < -0.4 is 10.5 Å². The first-order valence-electron chi connectivity index (χ1n) is 5.60. The molecule has 0 spiro atoms. The number of hydrogen-bond donors (Lipinski definition) is 1. The molecule has 18 heavy (non-hydrogen) atoms. The lowest BCUT2D eigenvalue weighted by molar-refractivity contribution is 0.280. The number of hydrogen-bond acceptors (Lipinski definition) is 4. The van der Waals surface area contributed by atoms with Crippen molar-refractivity contribution >= 4 is 0 Å². The monoisotopic (exact) mass is 247 g/mol. The van der Waals surface area contributed by atoms with Crippen LogP contribution in [0, 0.1) is 5.82 Å². The molecule has 1 heterocycles. The number of benzene rings is 1. The molecule has 0 fully saturated rings. The summed E-state index contributed by atoms with van der Waals surface area (Å²) < 4.78 is 19.0. The third-order valence-electron chi connectivity index (χ3n) is 2.46. The number of nitrogens with two attached hydrogens (primary N) is 1. The zero-order valence-corrected chi connectivity index (χ0v) is 10.0. The molecule has 2 aromatic rings. The quantitative estimate of drug-likeness (QED) is 0.899. The third-order valence-corrected chi connectivity index (χ3v) is 2.46. The van der Waals surface area contributed by atoms with Crippen molar-refractivity contribution in [2.45, 2.75) is 19.6 Å². The minimum atomic E-state index is -0.430. The standard InChI is InChI=1S/C13H14FN3O/c1-9(15)10-3-4-12(11(14)7-10)18-8-13-16-5-2-6-17-13/h2-7,9H,8,15H2,1H3/t9-/m0/s1. The van der Waals surface area contributed by atoms with Gasteiger partial charge < -0.3 is 10.5 Å². The Morgan fingerprint density at radius 3 is 2.67 bits per heavy atom. The van der Waals surface area contributed by atoms with Crippen LogP contribution in [0.25, 0.3) is 0 Å². The lowest BCUT2D eigenvalue weighted by atomic mass is 10.1. The average molecular weight is 247 g/mol. The lowest BCUT2D eigenvalue weighted by Crippen LogP contribution is -2.06. The van der Waals surface area contributed by atoms with E-state index in [2.05, 4.69) is 9.97 Å². The Balaban J connectivity index is 2.06. The van der Waals surface area contributed by atoms with Crippen molar-refractivity contribution in [3.05, 3.63) is 53.9 Å². The predicted octanol–water partition coefficient (Wildman–Crippen LogP) is 2.21. The van der Waals surface area contributed by atoms with E-state index in [1.165, 1.54) is 6.07 Å². The van der Waals surface area contributed by atoms with Crippen LogP contribution in [0.1, 0.15) is 24.4 Å². The maximum atomic E-state index is 13.7. The van der Waals surface area contributed by atoms with E-state index in [9.17, 15) is 4.39 Å². The number of nitrogens with zero attached hydrogens (tertiary/aromatic N) is 2. The molecule has 0 saturated heterocycles. The summed E-state index contributed by atoms with van der Waals surface area (Å²) in [5.74, 6) is 0.251. The van der Waals surface area contributed by atoms with Crippen LogP contribution in [0.2, 0.25) is 0 Å². The van der Waals surface area contributed by atoms with E-state index >= 15 is 0 Å². The SMILES string of the molecule is C[C@H](N)c1ccc(OCc2ncccn2)c(F)c1. The first-order valence-corrected chi connectivity index (χ1v) is 5.60. The van der Waals surface area contributed by atoms with Crippen molar-refractivity contribution in [1.29, 1.82) is 0 Å². The Morgan fingerprint density at radius 1 is 1.33 bits per heavy atom. The number of aromatic nitrogens is 2. The van der Waals surface area contributed by atoms with Crippen LogP contribution in [-0.2, 0) is 6.61 Å². The molecule has 1 atom stereocenters. The van der Waals surface area contributed by atoms with Crippen molar-refractivity contribution in [1.82, 2.24) is 9.97 Å². The smallest absolute Gasteiger partial charge is 0.166 e. The number of halogens is 1. The highest BCUT2D eigenvalue weighted by atomic mass is 19.1. The van der Waals surface area contributed by atoms with Gasteiger partial charge in [0.1, 0.15) is 6.61 Å². The molecule has 0 saturated carbocycles. The summed E-state index contributed by atoms with van der Waals surface area (Å²) in [6, 6.07) is 6.20. The zero-order chi connectivity index (χ0) is 13.0. The molecule has 0 aliphatic rings. The lowest BCUT2D eigenvalue weighted by Gasteiger charge is -2.09. The van der Waals surface area contributed by atoms with Gasteiger partial charge in [-0.2, -0.15) is 0 Å². The molecule has 5 heteroatoms. The fourth-order valence-electron chi connectivity index (χ4n) is 1.46. The van der Waals surface area contributed by atoms with Crippen molar-refractivity contribution in [3.63, 3.8) is 0 Å². The van der Waals surface area contributed by atoms with Crippen molar-refractivity contribution in [2.24, 2.45) is 5.73 Å². The van der Waals surface area contributed by atoms with Gasteiger partial charge in [-0.25, -0.2) is 14.4 Å². The van der Waals surface area contributed by atoms with Crippen LogP contribution in [0.5, 0.6) is 5.75 Å². The predicted molar refractivity (Wildman–Crippen MR) is 65.4 cm³/mol. The highest BCUT2D eigenvalue weighted by Gasteiger charge is 2.07. The van der Waals surface area contributed by atoms with E-state index in [4.69, 9.17) is 10.5 Å². The molecule has 94 valence electrons. The minimum absolute atomic E-state index is 0.134. The van der Waals surface area contributed by atoms with Crippen molar-refractivity contribution in [3.8, 4) is 5.75 Å². The minimum Gasteiger partial charge on any atom is -0.483 e. The van der Waals surface area contributed by atoms with Gasteiger partial charge in [-0.05, 0) is 30.7 Å². The molecule has 1 aromatic heterocycles. The van der Waals surface area contributed by atoms with Gasteiger partial charge in [-0.15, -0.1) is 0 Å². The summed E-state index contributed by atoms with van der Waals surface area (Å²) in [6.07, 6.45) is 3.22. The third kappa shape index (κ3) is 3.01. The Labute approximate surface area is 105 Å². The molecule has 2 N–H and O–H groups in total. The van der Waals surface area contributed by atoms with Gasteiger partial charge in [-0.1, -0.05) is 6.07 Å². The van der Waals surface area contributed by atoms with Crippen LogP contribution in [0.15, 0.2) is 36.7 Å². The maximum Gasteiger partial charge on any atom is 0.166 e. The maximum absolute atomic E-state index is 13.7. The highest BCUT2D eigenvalue weighted by molar-refractivity contribution is 5.30. The molecule has 0 aliphatic heterocycles. The topological polar surface area (TPSA) is 61.0 Å². The Kier molecular flexibility index (Phi) is 3.84. The Bertz CT molecular complexity index is 517. The van der Waals surface area contributed by atoms with E-state index in [1.807, 2.05) is 0 Å². The Hall–Kier alpha value is -2.01. The summed E-state index contributed by atoms with van der Waals surface area (Å²) in [6.45, 7) is 1.93. The van der Waals surface area contributed by atoms with Crippen molar-refractivity contribution < 1.29 is 9.13 Å². The second-order valence-corrected chi connectivity index (χ2v) is 3.93. The first-order chi connectivity index (χ1) is 8.66. The fraction of sp³-hybridized carbons (Fsp3) is 0.231. The highest BCUT2D eigenvalue weighted by Crippen LogP contribution is 2.21. The number of rotatable bonds is 4. The van der Waals surface area contributed by atoms with Crippen molar-refractivity contribution in [2.75, 3.05) is 0 Å². The summed E-state index contributed by atoms with van der Waals surface area (Å²) in [5.41, 5.74) is 6.40. The summed E-state index contributed by atoms with van der Waals surface area (Å²) in [7, 11) is 0. The molecule has 4 nitrogen and oxygen atoms in total. The van der Waals surface area contributed by atoms with Gasteiger partial charge >= 0.3 is 0 Å². The normalized spacial score (nSPS) is 12.2. The van der Waals surface area contributed by atoms with Crippen LogP contribution in [-0.4, -0.2) is 9.97 Å². The van der Waals surface area contributed by atoms with Gasteiger partial charge in [0, 0.05) is 18.4 Å². The molecule has 0 amide bonds. The first kappa shape index (κ1) is 12.4. The molecule has 0 bridgehead atoms. The molecule has 0 unspecified atom stereocenters. The molecular weight excluding hydrogens is 233 g/mol. The van der Waals surface area contributed by atoms with E-state index < -0.39 is 5.82 Å². The largest absolute Gasteiger partial charge is 0.483 e. The van der Waals surface area contributed by atoms with E-state index in [1.54, 1.807) is 37.5 Å². The summed E-state index contributed by atoms with van der Waals surface area (Å²) in [5, 5.41) is 0. The van der Waals surface area contributed by atoms with Gasteiger partial charge in [0.15, 0.2) is 17.4 Å². The van der Waals surface area contributed by atoms with Crippen LogP contribution >= 0.6 is 0 Å². The summed E-state index contributed by atoms with van der Waals surface area (Å²) >= 11 is 0. The van der Waals surface area contributed by atoms with Crippen LogP contribution in [0.3, 0.4) is 0 Å². The number of ether oxygens (including phenoxy) is 1. The molecular formula is C13H14FN3O. The van der Waals surface area contributed by atoms with Gasteiger partial charge in [0.05, 0.1) is 0 Å². The summed E-state index contributed by atoms with van der Waals surface area (Å²) in [4.78, 5) is 7.98. The van der Waals surface area contributed by atoms with Crippen LogP contribution in [0.4, 0.5) is 4.39 Å². The van der Waals surface area contributed by atoms with E-state index in [0.717, 1.165) is 5.56 Å².